The van der Waals surface area contributed by atoms with Gasteiger partial charge in [-0.2, -0.15) is 0 Å². The summed E-state index contributed by atoms with van der Waals surface area (Å²) >= 11 is 6.81. The zero-order chi connectivity index (χ0) is 27.9. The second-order valence-electron chi connectivity index (χ2n) is 9.27. The highest BCUT2D eigenvalue weighted by Gasteiger charge is 2.32. The average Bonchev–Trinajstić information content (AvgIpc) is 2.89. The molecule has 0 heterocycles. The van der Waals surface area contributed by atoms with Crippen LogP contribution in [0.1, 0.15) is 26.3 Å². The van der Waals surface area contributed by atoms with Gasteiger partial charge in [0, 0.05) is 22.0 Å². The third kappa shape index (κ3) is 7.91. The number of hydrogen-bond donors (Lipinski definition) is 1. The van der Waals surface area contributed by atoms with E-state index in [9.17, 15) is 18.0 Å². The Labute approximate surface area is 241 Å². The van der Waals surface area contributed by atoms with Gasteiger partial charge in [-0.05, 0) is 60.9 Å². The number of nitrogens with zero attached hydrogens (tertiary/aromatic N) is 2. The molecule has 202 valence electrons. The molecule has 1 atom stereocenters. The van der Waals surface area contributed by atoms with Gasteiger partial charge in [-0.1, -0.05) is 82.1 Å². The number of hydrogen-bond acceptors (Lipinski definition) is 4. The van der Waals surface area contributed by atoms with Gasteiger partial charge < -0.3 is 10.2 Å². The van der Waals surface area contributed by atoms with Gasteiger partial charge in [-0.25, -0.2) is 8.42 Å². The quantitative estimate of drug-likeness (QED) is 0.289. The number of carbonyl (C=O) groups is 2. The summed E-state index contributed by atoms with van der Waals surface area (Å²) in [5.74, 6) is -0.562. The topological polar surface area (TPSA) is 86.8 Å². The van der Waals surface area contributed by atoms with Crippen LogP contribution in [0.25, 0.3) is 0 Å². The van der Waals surface area contributed by atoms with E-state index in [0.717, 1.165) is 14.3 Å². The first-order valence-corrected chi connectivity index (χ1v) is 15.2. The van der Waals surface area contributed by atoms with Gasteiger partial charge >= 0.3 is 0 Å². The van der Waals surface area contributed by atoms with Crippen LogP contribution in [0.5, 0.6) is 0 Å². The number of amides is 2. The fourth-order valence-corrected chi connectivity index (χ4v) is 5.78. The van der Waals surface area contributed by atoms with Crippen LogP contribution in [0.3, 0.4) is 0 Å². The van der Waals surface area contributed by atoms with Crippen molar-refractivity contribution in [3.8, 4) is 0 Å². The van der Waals surface area contributed by atoms with Crippen molar-refractivity contribution in [3.63, 3.8) is 0 Å². The lowest BCUT2D eigenvalue weighted by Crippen LogP contribution is -2.51. The lowest BCUT2D eigenvalue weighted by atomic mass is 10.1. The van der Waals surface area contributed by atoms with E-state index in [1.807, 2.05) is 38.1 Å². The molecule has 2 amide bonds. The predicted molar refractivity (Wildman–Crippen MR) is 157 cm³/mol. The van der Waals surface area contributed by atoms with Crippen molar-refractivity contribution in [2.24, 2.45) is 5.92 Å². The van der Waals surface area contributed by atoms with Gasteiger partial charge in [-0.3, -0.25) is 13.9 Å². The second-order valence-corrected chi connectivity index (χ2v) is 13.0. The van der Waals surface area contributed by atoms with Crippen molar-refractivity contribution in [1.29, 1.82) is 0 Å². The summed E-state index contributed by atoms with van der Waals surface area (Å²) in [7, 11) is -4.09. The Morgan fingerprint density at radius 1 is 0.868 bits per heavy atom. The number of carbonyl (C=O) groups excluding carboxylic acids is 2. The molecule has 0 radical (unpaired) electrons. The van der Waals surface area contributed by atoms with E-state index in [-0.39, 0.29) is 23.3 Å². The van der Waals surface area contributed by atoms with Crippen LogP contribution >= 0.6 is 31.9 Å². The van der Waals surface area contributed by atoms with Crippen molar-refractivity contribution in [1.82, 2.24) is 10.2 Å². The Balaban J connectivity index is 1.99. The molecule has 0 bridgehead atoms. The smallest absolute Gasteiger partial charge is 0.264 e. The molecule has 0 aliphatic rings. The maximum Gasteiger partial charge on any atom is 0.264 e. The summed E-state index contributed by atoms with van der Waals surface area (Å²) < 4.78 is 30.1. The number of rotatable bonds is 11. The van der Waals surface area contributed by atoms with E-state index < -0.39 is 28.5 Å². The van der Waals surface area contributed by atoms with Gasteiger partial charge in [0.2, 0.25) is 11.8 Å². The number of halogens is 2. The van der Waals surface area contributed by atoms with Crippen LogP contribution in [0.15, 0.2) is 92.7 Å². The summed E-state index contributed by atoms with van der Waals surface area (Å²) in [6, 6.07) is 21.3. The van der Waals surface area contributed by atoms with Crippen LogP contribution < -0.4 is 9.62 Å². The van der Waals surface area contributed by atoms with Crippen LogP contribution in [0.2, 0.25) is 0 Å². The highest BCUT2D eigenvalue weighted by Crippen LogP contribution is 2.27. The molecule has 3 aromatic carbocycles. The molecule has 0 aromatic heterocycles. The van der Waals surface area contributed by atoms with Crippen molar-refractivity contribution in [2.45, 2.75) is 38.3 Å². The van der Waals surface area contributed by atoms with Crippen LogP contribution in [-0.4, -0.2) is 44.3 Å². The van der Waals surface area contributed by atoms with Crippen molar-refractivity contribution in [2.75, 3.05) is 17.4 Å². The largest absolute Gasteiger partial charge is 0.354 e. The molecule has 3 rings (SSSR count). The molecular formula is C28H31Br2N3O4S. The first-order chi connectivity index (χ1) is 18.0. The summed E-state index contributed by atoms with van der Waals surface area (Å²) in [6.07, 6.45) is 0. The first kappa shape index (κ1) is 29.9. The third-order valence-electron chi connectivity index (χ3n) is 5.82. The minimum atomic E-state index is -4.09. The number of benzene rings is 3. The summed E-state index contributed by atoms with van der Waals surface area (Å²) in [4.78, 5) is 28.4. The summed E-state index contributed by atoms with van der Waals surface area (Å²) in [5.41, 5.74) is 1.14. The number of anilines is 1. The second kappa shape index (κ2) is 13.4. The lowest BCUT2D eigenvalue weighted by Gasteiger charge is -2.32. The fraction of sp³-hybridized carbons (Fsp3) is 0.286. The average molecular weight is 665 g/mol. The van der Waals surface area contributed by atoms with E-state index in [2.05, 4.69) is 37.2 Å². The highest BCUT2D eigenvalue weighted by molar-refractivity contribution is 9.10. The molecular weight excluding hydrogens is 634 g/mol. The van der Waals surface area contributed by atoms with E-state index in [1.165, 1.54) is 17.0 Å². The Hall–Kier alpha value is -2.69. The minimum Gasteiger partial charge on any atom is -0.354 e. The molecule has 3 aromatic rings. The number of nitrogens with one attached hydrogen (secondary N) is 1. The van der Waals surface area contributed by atoms with E-state index in [1.54, 1.807) is 49.4 Å². The van der Waals surface area contributed by atoms with Gasteiger partial charge in [-0.15, -0.1) is 0 Å². The van der Waals surface area contributed by atoms with Gasteiger partial charge in [0.25, 0.3) is 10.0 Å². The minimum absolute atomic E-state index is 0.0648. The SMILES string of the molecule is CC(C)CNC(=O)C(C)N(Cc1ccc(Br)cc1)C(=O)CN(c1cccc(Br)c1)S(=O)(=O)c1ccccc1. The van der Waals surface area contributed by atoms with Gasteiger partial charge in [0.15, 0.2) is 0 Å². The first-order valence-electron chi connectivity index (χ1n) is 12.1. The summed E-state index contributed by atoms with van der Waals surface area (Å²) in [6.45, 7) is 5.75. The molecule has 10 heteroatoms. The molecule has 0 saturated heterocycles. The number of sulfonamides is 1. The standard InChI is InChI=1S/C28H31Br2N3O4S/c1-20(2)17-31-28(35)21(3)32(18-22-12-14-23(29)15-13-22)27(34)19-33(25-9-7-8-24(30)16-25)38(36,37)26-10-5-4-6-11-26/h4-16,20-21H,17-19H2,1-3H3,(H,31,35). The predicted octanol–water partition coefficient (Wildman–Crippen LogP) is 5.60. The van der Waals surface area contributed by atoms with Crippen molar-refractivity contribution >= 4 is 59.4 Å². The van der Waals surface area contributed by atoms with E-state index in [4.69, 9.17) is 0 Å². The van der Waals surface area contributed by atoms with Gasteiger partial charge in [0.1, 0.15) is 12.6 Å². The van der Waals surface area contributed by atoms with Crippen molar-refractivity contribution < 1.29 is 18.0 Å². The molecule has 7 nitrogen and oxygen atoms in total. The fourth-order valence-electron chi connectivity index (χ4n) is 3.70. The molecule has 0 aliphatic carbocycles. The molecule has 1 N–H and O–H groups in total. The lowest BCUT2D eigenvalue weighted by molar-refractivity contribution is -0.139. The van der Waals surface area contributed by atoms with Crippen LogP contribution in [-0.2, 0) is 26.2 Å². The molecule has 0 saturated carbocycles. The van der Waals surface area contributed by atoms with E-state index >= 15 is 0 Å². The molecule has 38 heavy (non-hydrogen) atoms. The zero-order valence-corrected chi connectivity index (χ0v) is 25.5. The monoisotopic (exact) mass is 663 g/mol. The van der Waals surface area contributed by atoms with Gasteiger partial charge in [0.05, 0.1) is 10.6 Å². The molecule has 0 aliphatic heterocycles. The summed E-state index contributed by atoms with van der Waals surface area (Å²) in [5, 5.41) is 2.88. The zero-order valence-electron chi connectivity index (χ0n) is 21.5. The Kier molecular flexibility index (Phi) is 10.5. The highest BCUT2D eigenvalue weighted by atomic mass is 79.9. The molecule has 1 unspecified atom stereocenters. The maximum atomic E-state index is 13.9. The van der Waals surface area contributed by atoms with E-state index in [0.29, 0.717) is 16.7 Å². The van der Waals surface area contributed by atoms with Crippen molar-refractivity contribution in [3.05, 3.63) is 93.4 Å². The molecule has 0 fully saturated rings. The third-order valence-corrected chi connectivity index (χ3v) is 8.63. The normalized spacial score (nSPS) is 12.2. The Bertz CT molecular complexity index is 1350. The Morgan fingerprint density at radius 2 is 1.53 bits per heavy atom. The van der Waals surface area contributed by atoms with Crippen LogP contribution in [0, 0.1) is 5.92 Å². The Morgan fingerprint density at radius 3 is 2.13 bits per heavy atom. The molecule has 0 spiro atoms. The van der Waals surface area contributed by atoms with Crippen LogP contribution in [0.4, 0.5) is 5.69 Å². The maximum absolute atomic E-state index is 13.9.